The predicted molar refractivity (Wildman–Crippen MR) is 71.0 cm³/mol. The van der Waals surface area contributed by atoms with Crippen LogP contribution in [-0.4, -0.2) is 32.9 Å². The van der Waals surface area contributed by atoms with E-state index >= 15 is 0 Å². The van der Waals surface area contributed by atoms with E-state index in [1.165, 1.54) is 6.26 Å². The Bertz CT molecular complexity index is 512. The molecule has 0 aliphatic rings. The van der Waals surface area contributed by atoms with Gasteiger partial charge in [0.05, 0.1) is 5.75 Å². The van der Waals surface area contributed by atoms with Crippen molar-refractivity contribution in [2.75, 3.05) is 18.6 Å². The Balaban J connectivity index is 2.36. The van der Waals surface area contributed by atoms with Crippen LogP contribution < -0.4 is 11.1 Å². The van der Waals surface area contributed by atoms with Crippen LogP contribution >= 0.6 is 0 Å². The van der Waals surface area contributed by atoms with E-state index in [9.17, 15) is 13.2 Å². The third-order valence-corrected chi connectivity index (χ3v) is 3.44. The molecule has 0 saturated heterocycles. The lowest BCUT2D eigenvalue weighted by molar-refractivity contribution is 0.1000. The minimum atomic E-state index is -2.89. The molecule has 0 heterocycles. The van der Waals surface area contributed by atoms with Gasteiger partial charge in [-0.15, -0.1) is 0 Å². The number of nitrogens with one attached hydrogen (secondary N) is 1. The van der Waals surface area contributed by atoms with E-state index in [-0.39, 0.29) is 5.75 Å². The van der Waals surface area contributed by atoms with Gasteiger partial charge in [-0.1, -0.05) is 12.1 Å². The predicted octanol–water partition coefficient (Wildman–Crippen LogP) is 0.310. The standard InChI is InChI=1S/C12H18N2O3S/c1-18(16,17)7-3-6-14-9-10-4-2-5-11(8-10)12(13)15/h2,4-5,8,14H,3,6-7,9H2,1H3,(H2,13,15). The van der Waals surface area contributed by atoms with Crippen molar-refractivity contribution in [3.63, 3.8) is 0 Å². The van der Waals surface area contributed by atoms with Gasteiger partial charge in [0, 0.05) is 18.4 Å². The molecule has 0 fully saturated rings. The molecule has 0 spiro atoms. The van der Waals surface area contributed by atoms with E-state index in [1.54, 1.807) is 18.2 Å². The molecular formula is C12H18N2O3S. The summed E-state index contributed by atoms with van der Waals surface area (Å²) in [6.45, 7) is 1.21. The second kappa shape index (κ2) is 6.51. The van der Waals surface area contributed by atoms with E-state index in [4.69, 9.17) is 5.73 Å². The first-order valence-electron chi connectivity index (χ1n) is 5.66. The molecule has 0 atom stereocenters. The second-order valence-corrected chi connectivity index (χ2v) is 6.48. The van der Waals surface area contributed by atoms with Crippen molar-refractivity contribution >= 4 is 15.7 Å². The fourth-order valence-corrected chi connectivity index (χ4v) is 2.20. The first-order valence-corrected chi connectivity index (χ1v) is 7.72. The third-order valence-electron chi connectivity index (χ3n) is 2.41. The van der Waals surface area contributed by atoms with Crippen LogP contribution in [-0.2, 0) is 16.4 Å². The Labute approximate surface area is 107 Å². The van der Waals surface area contributed by atoms with Gasteiger partial charge in [0.1, 0.15) is 9.84 Å². The minimum Gasteiger partial charge on any atom is -0.366 e. The third kappa shape index (κ3) is 5.79. The zero-order valence-corrected chi connectivity index (χ0v) is 11.2. The molecule has 3 N–H and O–H groups in total. The van der Waals surface area contributed by atoms with Gasteiger partial charge >= 0.3 is 0 Å². The Morgan fingerprint density at radius 1 is 1.39 bits per heavy atom. The summed E-state index contributed by atoms with van der Waals surface area (Å²) in [4.78, 5) is 11.0. The first kappa shape index (κ1) is 14.7. The number of carbonyl (C=O) groups is 1. The van der Waals surface area contributed by atoms with Crippen LogP contribution in [0.3, 0.4) is 0 Å². The highest BCUT2D eigenvalue weighted by Gasteiger charge is 2.02. The van der Waals surface area contributed by atoms with Gasteiger partial charge in [-0.25, -0.2) is 8.42 Å². The van der Waals surface area contributed by atoms with E-state index in [1.807, 2.05) is 6.07 Å². The summed E-state index contributed by atoms with van der Waals surface area (Å²) in [5.41, 5.74) is 6.61. The number of hydrogen-bond donors (Lipinski definition) is 2. The van der Waals surface area contributed by atoms with Crippen LogP contribution in [0.5, 0.6) is 0 Å². The van der Waals surface area contributed by atoms with Crippen molar-refractivity contribution in [1.29, 1.82) is 0 Å². The van der Waals surface area contributed by atoms with Gasteiger partial charge < -0.3 is 11.1 Å². The summed E-state index contributed by atoms with van der Waals surface area (Å²) in [6.07, 6.45) is 1.80. The number of benzene rings is 1. The molecule has 100 valence electrons. The van der Waals surface area contributed by atoms with Crippen molar-refractivity contribution in [3.8, 4) is 0 Å². The van der Waals surface area contributed by atoms with Gasteiger partial charge in [0.15, 0.2) is 0 Å². The van der Waals surface area contributed by atoms with Gasteiger partial charge in [-0.3, -0.25) is 4.79 Å². The Kier molecular flexibility index (Phi) is 5.30. The second-order valence-electron chi connectivity index (χ2n) is 4.22. The topological polar surface area (TPSA) is 89.3 Å². The molecule has 0 aromatic heterocycles. The van der Waals surface area contributed by atoms with Crippen LogP contribution in [0.4, 0.5) is 0 Å². The summed E-state index contributed by atoms with van der Waals surface area (Å²) in [6, 6.07) is 7.05. The van der Waals surface area contributed by atoms with Crippen LogP contribution in [0.1, 0.15) is 22.3 Å². The first-order chi connectivity index (χ1) is 8.38. The van der Waals surface area contributed by atoms with Gasteiger partial charge in [0.25, 0.3) is 0 Å². The number of amides is 1. The number of sulfone groups is 1. The minimum absolute atomic E-state index is 0.182. The summed E-state index contributed by atoms with van der Waals surface area (Å²) < 4.78 is 21.8. The normalized spacial score (nSPS) is 11.4. The molecular weight excluding hydrogens is 252 g/mol. The van der Waals surface area contributed by atoms with Crippen molar-refractivity contribution in [3.05, 3.63) is 35.4 Å². The maximum Gasteiger partial charge on any atom is 0.248 e. The molecule has 0 radical (unpaired) electrons. The zero-order chi connectivity index (χ0) is 13.6. The SMILES string of the molecule is CS(=O)(=O)CCCNCc1cccc(C(N)=O)c1. The number of primary amides is 1. The quantitative estimate of drug-likeness (QED) is 0.698. The lowest BCUT2D eigenvalue weighted by Crippen LogP contribution is -2.18. The molecule has 0 aliphatic heterocycles. The number of rotatable bonds is 7. The monoisotopic (exact) mass is 270 g/mol. The molecule has 1 amide bonds. The van der Waals surface area contributed by atoms with Crippen LogP contribution in [0.25, 0.3) is 0 Å². The molecule has 6 heteroatoms. The van der Waals surface area contributed by atoms with Crippen molar-refractivity contribution < 1.29 is 13.2 Å². The molecule has 1 aromatic carbocycles. The lowest BCUT2D eigenvalue weighted by Gasteiger charge is -2.05. The number of carbonyl (C=O) groups excluding carboxylic acids is 1. The number of nitrogens with two attached hydrogens (primary N) is 1. The van der Waals surface area contributed by atoms with Gasteiger partial charge in [-0.05, 0) is 30.7 Å². The van der Waals surface area contributed by atoms with Crippen molar-refractivity contribution in [2.45, 2.75) is 13.0 Å². The average molecular weight is 270 g/mol. The fraction of sp³-hybridized carbons (Fsp3) is 0.417. The number of hydrogen-bond acceptors (Lipinski definition) is 4. The Morgan fingerprint density at radius 2 is 2.11 bits per heavy atom. The smallest absolute Gasteiger partial charge is 0.248 e. The van der Waals surface area contributed by atoms with Crippen molar-refractivity contribution in [1.82, 2.24) is 5.32 Å². The molecule has 0 saturated carbocycles. The van der Waals surface area contributed by atoms with E-state index < -0.39 is 15.7 Å². The van der Waals surface area contributed by atoms with Crippen LogP contribution in [0.15, 0.2) is 24.3 Å². The van der Waals surface area contributed by atoms with E-state index in [2.05, 4.69) is 5.32 Å². The Morgan fingerprint density at radius 3 is 2.72 bits per heavy atom. The molecule has 1 rings (SSSR count). The summed E-state index contributed by atoms with van der Waals surface area (Å²) in [5, 5.41) is 3.12. The summed E-state index contributed by atoms with van der Waals surface area (Å²) in [5.74, 6) is -0.268. The van der Waals surface area contributed by atoms with Gasteiger partial charge in [-0.2, -0.15) is 0 Å². The Hall–Kier alpha value is -1.40. The molecule has 18 heavy (non-hydrogen) atoms. The molecule has 0 aliphatic carbocycles. The largest absolute Gasteiger partial charge is 0.366 e. The van der Waals surface area contributed by atoms with Crippen molar-refractivity contribution in [2.24, 2.45) is 5.73 Å². The summed E-state index contributed by atoms with van der Waals surface area (Å²) >= 11 is 0. The van der Waals surface area contributed by atoms with Gasteiger partial charge in [0.2, 0.25) is 5.91 Å². The molecule has 0 bridgehead atoms. The zero-order valence-electron chi connectivity index (χ0n) is 10.3. The molecule has 0 unspecified atom stereocenters. The fourth-order valence-electron chi connectivity index (χ4n) is 1.53. The highest BCUT2D eigenvalue weighted by Crippen LogP contribution is 2.04. The van der Waals surface area contributed by atoms with E-state index in [0.717, 1.165) is 5.56 Å². The lowest BCUT2D eigenvalue weighted by atomic mass is 10.1. The average Bonchev–Trinajstić information content (AvgIpc) is 2.27. The van der Waals surface area contributed by atoms with E-state index in [0.29, 0.717) is 25.1 Å². The maximum absolute atomic E-state index is 11.0. The van der Waals surface area contributed by atoms with Crippen LogP contribution in [0.2, 0.25) is 0 Å². The highest BCUT2D eigenvalue weighted by molar-refractivity contribution is 7.90. The molecule has 5 nitrogen and oxygen atoms in total. The van der Waals surface area contributed by atoms with Crippen LogP contribution in [0, 0.1) is 0 Å². The highest BCUT2D eigenvalue weighted by atomic mass is 32.2. The molecule has 1 aromatic rings. The summed E-state index contributed by atoms with van der Waals surface area (Å²) in [7, 11) is -2.89. The maximum atomic E-state index is 11.0.